The van der Waals surface area contributed by atoms with Crippen LogP contribution in [0.1, 0.15) is 30.0 Å². The van der Waals surface area contributed by atoms with Crippen molar-refractivity contribution in [2.75, 3.05) is 20.2 Å². The molecule has 6 heteroatoms. The summed E-state index contributed by atoms with van der Waals surface area (Å²) in [5.41, 5.74) is 2.10. The number of nitrogens with one attached hydrogen (secondary N) is 2. The Morgan fingerprint density at radius 3 is 3.08 bits per heavy atom. The predicted octanol–water partition coefficient (Wildman–Crippen LogP) is 1.68. The van der Waals surface area contributed by atoms with Gasteiger partial charge in [-0.1, -0.05) is 18.2 Å². The molecule has 0 bridgehead atoms. The van der Waals surface area contributed by atoms with E-state index in [-0.39, 0.29) is 12.5 Å². The zero-order valence-corrected chi connectivity index (χ0v) is 14.0. The van der Waals surface area contributed by atoms with Crippen molar-refractivity contribution < 1.29 is 9.53 Å². The van der Waals surface area contributed by atoms with Gasteiger partial charge in [0.05, 0.1) is 7.11 Å². The summed E-state index contributed by atoms with van der Waals surface area (Å²) in [6, 6.07) is 9.71. The molecule has 1 saturated heterocycles. The van der Waals surface area contributed by atoms with Gasteiger partial charge < -0.3 is 15.4 Å². The molecule has 1 aromatic heterocycles. The molecule has 128 valence electrons. The number of aromatic nitrogens is 2. The summed E-state index contributed by atoms with van der Waals surface area (Å²) in [4.78, 5) is 12.3. The highest BCUT2D eigenvalue weighted by Gasteiger charge is 2.19. The van der Waals surface area contributed by atoms with Crippen molar-refractivity contribution in [3.63, 3.8) is 0 Å². The Hall–Kier alpha value is -2.34. The first-order valence-corrected chi connectivity index (χ1v) is 8.39. The lowest BCUT2D eigenvalue weighted by Gasteiger charge is -2.23. The van der Waals surface area contributed by atoms with E-state index in [0.29, 0.717) is 12.5 Å². The second-order valence-corrected chi connectivity index (χ2v) is 6.05. The van der Waals surface area contributed by atoms with E-state index in [1.54, 1.807) is 13.3 Å². The second kappa shape index (κ2) is 7.97. The minimum atomic E-state index is -0.0466. The standard InChI is InChI=1S/C18H24N4O2/c1-24-17-7-3-2-5-15(17)12-20-18(23)13-22-16(8-10-21-22)14-6-4-9-19-11-14/h2-3,5,7-8,10,14,19H,4,6,9,11-13H2,1H3,(H,20,23)/t14-/m1/s1. The largest absolute Gasteiger partial charge is 0.496 e. The van der Waals surface area contributed by atoms with Crippen molar-refractivity contribution in [1.82, 2.24) is 20.4 Å². The molecule has 24 heavy (non-hydrogen) atoms. The van der Waals surface area contributed by atoms with Gasteiger partial charge >= 0.3 is 0 Å². The molecule has 0 saturated carbocycles. The van der Waals surface area contributed by atoms with Crippen LogP contribution in [0.25, 0.3) is 0 Å². The summed E-state index contributed by atoms with van der Waals surface area (Å²) < 4.78 is 7.12. The fraction of sp³-hybridized carbons (Fsp3) is 0.444. The molecule has 2 heterocycles. The van der Waals surface area contributed by atoms with E-state index in [0.717, 1.165) is 42.9 Å². The molecule has 6 nitrogen and oxygen atoms in total. The number of hydrogen-bond acceptors (Lipinski definition) is 4. The highest BCUT2D eigenvalue weighted by Crippen LogP contribution is 2.22. The molecule has 1 amide bonds. The zero-order valence-electron chi connectivity index (χ0n) is 14.0. The average molecular weight is 328 g/mol. The van der Waals surface area contributed by atoms with Gasteiger partial charge in [-0.05, 0) is 31.5 Å². The van der Waals surface area contributed by atoms with Gasteiger partial charge in [0.2, 0.25) is 5.91 Å². The minimum Gasteiger partial charge on any atom is -0.496 e. The third-order valence-electron chi connectivity index (χ3n) is 4.43. The lowest BCUT2D eigenvalue weighted by molar-refractivity contribution is -0.122. The highest BCUT2D eigenvalue weighted by molar-refractivity contribution is 5.75. The van der Waals surface area contributed by atoms with Crippen LogP contribution in [0.5, 0.6) is 5.75 Å². The van der Waals surface area contributed by atoms with Crippen molar-refractivity contribution >= 4 is 5.91 Å². The Balaban J connectivity index is 1.58. The van der Waals surface area contributed by atoms with Crippen LogP contribution in [-0.2, 0) is 17.9 Å². The fourth-order valence-electron chi connectivity index (χ4n) is 3.16. The average Bonchev–Trinajstić information content (AvgIpc) is 3.09. The smallest absolute Gasteiger partial charge is 0.242 e. The minimum absolute atomic E-state index is 0.0466. The normalized spacial score (nSPS) is 17.5. The zero-order chi connectivity index (χ0) is 16.8. The Morgan fingerprint density at radius 2 is 2.29 bits per heavy atom. The molecule has 1 aliphatic heterocycles. The highest BCUT2D eigenvalue weighted by atomic mass is 16.5. The fourth-order valence-corrected chi connectivity index (χ4v) is 3.16. The monoisotopic (exact) mass is 328 g/mol. The first-order valence-electron chi connectivity index (χ1n) is 8.39. The molecule has 1 atom stereocenters. The Kier molecular flexibility index (Phi) is 5.48. The van der Waals surface area contributed by atoms with Gasteiger partial charge in [0.15, 0.2) is 0 Å². The van der Waals surface area contributed by atoms with E-state index in [9.17, 15) is 4.79 Å². The number of carbonyl (C=O) groups is 1. The predicted molar refractivity (Wildman–Crippen MR) is 91.9 cm³/mol. The van der Waals surface area contributed by atoms with E-state index in [2.05, 4.69) is 15.7 Å². The third-order valence-corrected chi connectivity index (χ3v) is 4.43. The molecule has 0 radical (unpaired) electrons. The first kappa shape index (κ1) is 16.5. The van der Waals surface area contributed by atoms with Crippen molar-refractivity contribution in [1.29, 1.82) is 0 Å². The van der Waals surface area contributed by atoms with Gasteiger partial charge in [-0.25, -0.2) is 0 Å². The molecule has 1 aromatic carbocycles. The molecule has 1 fully saturated rings. The summed E-state index contributed by atoms with van der Waals surface area (Å²) in [5.74, 6) is 1.17. The van der Waals surface area contributed by atoms with Crippen molar-refractivity contribution in [3.05, 3.63) is 47.8 Å². The number of carbonyl (C=O) groups excluding carboxylic acids is 1. The van der Waals surface area contributed by atoms with Crippen molar-refractivity contribution in [3.8, 4) is 5.75 Å². The van der Waals surface area contributed by atoms with E-state index in [1.165, 1.54) is 0 Å². The second-order valence-electron chi connectivity index (χ2n) is 6.05. The molecule has 2 N–H and O–H groups in total. The summed E-state index contributed by atoms with van der Waals surface area (Å²) in [6.45, 7) is 2.72. The van der Waals surface area contributed by atoms with Crippen LogP contribution >= 0.6 is 0 Å². The number of nitrogens with zero attached hydrogens (tertiary/aromatic N) is 2. The van der Waals surface area contributed by atoms with Crippen LogP contribution < -0.4 is 15.4 Å². The van der Waals surface area contributed by atoms with Crippen molar-refractivity contribution in [2.24, 2.45) is 0 Å². The number of methoxy groups -OCH3 is 1. The van der Waals surface area contributed by atoms with Gasteiger partial charge in [-0.15, -0.1) is 0 Å². The van der Waals surface area contributed by atoms with Gasteiger partial charge in [0, 0.05) is 36.5 Å². The molecule has 2 aromatic rings. The van der Waals surface area contributed by atoms with Crippen LogP contribution in [0, 0.1) is 0 Å². The van der Waals surface area contributed by atoms with Crippen LogP contribution in [0.4, 0.5) is 0 Å². The van der Waals surface area contributed by atoms with Crippen molar-refractivity contribution in [2.45, 2.75) is 31.8 Å². The van der Waals surface area contributed by atoms with E-state index in [1.807, 2.05) is 35.0 Å². The summed E-state index contributed by atoms with van der Waals surface area (Å²) >= 11 is 0. The first-order chi connectivity index (χ1) is 11.8. The Labute approximate surface area is 142 Å². The van der Waals surface area contributed by atoms with E-state index < -0.39 is 0 Å². The molecule has 0 aliphatic carbocycles. The number of hydrogen-bond donors (Lipinski definition) is 2. The lowest BCUT2D eigenvalue weighted by Crippen LogP contribution is -2.32. The van der Waals surface area contributed by atoms with Gasteiger partial charge in [0.1, 0.15) is 12.3 Å². The molecule has 0 unspecified atom stereocenters. The molecule has 0 spiro atoms. The number of benzene rings is 1. The maximum atomic E-state index is 12.3. The maximum Gasteiger partial charge on any atom is 0.242 e. The number of rotatable bonds is 6. The number of piperidine rings is 1. The van der Waals surface area contributed by atoms with Crippen LogP contribution in [-0.4, -0.2) is 35.9 Å². The van der Waals surface area contributed by atoms with Crippen LogP contribution in [0.15, 0.2) is 36.5 Å². The molecular weight excluding hydrogens is 304 g/mol. The molecule has 3 rings (SSSR count). The maximum absolute atomic E-state index is 12.3. The van der Waals surface area contributed by atoms with Gasteiger partial charge in [0.25, 0.3) is 0 Å². The molecule has 1 aliphatic rings. The molecular formula is C18H24N4O2. The number of amides is 1. The summed E-state index contributed by atoms with van der Waals surface area (Å²) in [5, 5.41) is 10.7. The third kappa shape index (κ3) is 3.94. The Morgan fingerprint density at radius 1 is 1.42 bits per heavy atom. The van der Waals surface area contributed by atoms with E-state index in [4.69, 9.17) is 4.74 Å². The van der Waals surface area contributed by atoms with Crippen LogP contribution in [0.2, 0.25) is 0 Å². The number of para-hydroxylation sites is 1. The quantitative estimate of drug-likeness (QED) is 0.846. The SMILES string of the molecule is COc1ccccc1CNC(=O)Cn1nccc1[C@@H]1CCCNC1. The Bertz CT molecular complexity index is 677. The van der Waals surface area contributed by atoms with E-state index >= 15 is 0 Å². The summed E-state index contributed by atoms with van der Waals surface area (Å²) in [7, 11) is 1.63. The van der Waals surface area contributed by atoms with Gasteiger partial charge in [-0.2, -0.15) is 5.10 Å². The van der Waals surface area contributed by atoms with Gasteiger partial charge in [-0.3, -0.25) is 9.48 Å². The lowest BCUT2D eigenvalue weighted by atomic mass is 9.96. The topological polar surface area (TPSA) is 68.2 Å². The van der Waals surface area contributed by atoms with Crippen LogP contribution in [0.3, 0.4) is 0 Å². The summed E-state index contributed by atoms with van der Waals surface area (Å²) in [6.07, 6.45) is 4.08. The number of ether oxygens (including phenoxy) is 1.